The number of hydrogen-bond acceptors (Lipinski definition) is 3. The molecule has 0 bridgehead atoms. The molecule has 4 nitrogen and oxygen atoms in total. The predicted octanol–water partition coefficient (Wildman–Crippen LogP) is 1.39. The Kier molecular flexibility index (Phi) is 4.19. The van der Waals surface area contributed by atoms with Gasteiger partial charge in [0.05, 0.1) is 18.4 Å². The minimum absolute atomic E-state index is 0.0228. The molecular formula is C10H12FN3OS. The lowest BCUT2D eigenvalue weighted by Gasteiger charge is -2.09. The zero-order valence-corrected chi connectivity index (χ0v) is 9.77. The number of hydrazone groups is 1. The van der Waals surface area contributed by atoms with Crippen molar-refractivity contribution in [2.24, 2.45) is 10.8 Å². The van der Waals surface area contributed by atoms with Crippen molar-refractivity contribution in [3.63, 3.8) is 0 Å². The largest absolute Gasteiger partial charge is 0.496 e. The van der Waals surface area contributed by atoms with Crippen molar-refractivity contribution in [1.29, 1.82) is 0 Å². The van der Waals surface area contributed by atoms with Crippen LogP contribution in [0, 0.1) is 5.82 Å². The second kappa shape index (κ2) is 5.41. The lowest BCUT2D eigenvalue weighted by atomic mass is 10.1. The molecule has 0 aromatic heterocycles. The van der Waals surface area contributed by atoms with E-state index in [9.17, 15) is 4.39 Å². The molecule has 0 aliphatic rings. The van der Waals surface area contributed by atoms with E-state index in [0.29, 0.717) is 11.5 Å². The summed E-state index contributed by atoms with van der Waals surface area (Å²) in [6.07, 6.45) is 0. The summed E-state index contributed by atoms with van der Waals surface area (Å²) in [4.78, 5) is 0. The Hall–Kier alpha value is -1.69. The number of halogens is 1. The van der Waals surface area contributed by atoms with Gasteiger partial charge in [0.25, 0.3) is 0 Å². The van der Waals surface area contributed by atoms with Crippen LogP contribution in [0.5, 0.6) is 5.75 Å². The van der Waals surface area contributed by atoms with E-state index in [4.69, 9.17) is 10.5 Å². The lowest BCUT2D eigenvalue weighted by molar-refractivity contribution is 0.410. The van der Waals surface area contributed by atoms with Crippen LogP contribution in [0.25, 0.3) is 0 Å². The third-order valence-electron chi connectivity index (χ3n) is 1.89. The first-order chi connectivity index (χ1) is 7.56. The van der Waals surface area contributed by atoms with E-state index >= 15 is 0 Å². The third kappa shape index (κ3) is 2.90. The van der Waals surface area contributed by atoms with Crippen LogP contribution < -0.4 is 15.9 Å². The van der Waals surface area contributed by atoms with E-state index in [1.54, 1.807) is 19.1 Å². The van der Waals surface area contributed by atoms with E-state index in [1.165, 1.54) is 13.2 Å². The molecule has 16 heavy (non-hydrogen) atoms. The van der Waals surface area contributed by atoms with Crippen molar-refractivity contribution < 1.29 is 9.13 Å². The Labute approximate surface area is 98.3 Å². The highest BCUT2D eigenvalue weighted by Crippen LogP contribution is 2.21. The molecule has 0 aliphatic heterocycles. The second-order valence-electron chi connectivity index (χ2n) is 2.99. The maximum atomic E-state index is 13.6. The number of nitrogens with one attached hydrogen (secondary N) is 1. The molecule has 0 fully saturated rings. The number of hydrogen-bond donors (Lipinski definition) is 2. The highest BCUT2D eigenvalue weighted by Gasteiger charge is 2.11. The van der Waals surface area contributed by atoms with Crippen molar-refractivity contribution in [3.8, 4) is 5.75 Å². The van der Waals surface area contributed by atoms with E-state index in [1.807, 2.05) is 0 Å². The Morgan fingerprint density at radius 2 is 2.25 bits per heavy atom. The van der Waals surface area contributed by atoms with Crippen molar-refractivity contribution >= 4 is 23.0 Å². The average Bonchev–Trinajstić information content (AvgIpc) is 2.25. The summed E-state index contributed by atoms with van der Waals surface area (Å²) >= 11 is 4.59. The Morgan fingerprint density at radius 3 is 2.81 bits per heavy atom. The standard InChI is InChI=1S/C10H12FN3OS/c1-6(13-14-10(12)16)9-7(11)4-3-5-8(9)15-2/h3-5H,1-2H3,(H3,12,14,16)/b13-6+. The maximum Gasteiger partial charge on any atom is 0.184 e. The predicted molar refractivity (Wildman–Crippen MR) is 65.1 cm³/mol. The highest BCUT2D eigenvalue weighted by atomic mass is 32.1. The third-order valence-corrected chi connectivity index (χ3v) is 1.98. The first-order valence-electron chi connectivity index (χ1n) is 4.49. The van der Waals surface area contributed by atoms with E-state index < -0.39 is 5.82 Å². The molecule has 1 rings (SSSR count). The Balaban J connectivity index is 3.11. The monoisotopic (exact) mass is 241 g/mol. The molecule has 0 atom stereocenters. The molecule has 1 aromatic carbocycles. The number of methoxy groups -OCH3 is 1. The number of thiocarbonyl (C=S) groups is 1. The molecule has 0 heterocycles. The van der Waals surface area contributed by atoms with Crippen molar-refractivity contribution in [2.75, 3.05) is 7.11 Å². The molecule has 3 N–H and O–H groups in total. The average molecular weight is 241 g/mol. The van der Waals surface area contributed by atoms with Gasteiger partial charge in [-0.25, -0.2) is 4.39 Å². The molecule has 0 saturated heterocycles. The van der Waals surface area contributed by atoms with E-state index in [2.05, 4.69) is 22.7 Å². The second-order valence-corrected chi connectivity index (χ2v) is 3.43. The van der Waals surface area contributed by atoms with Gasteiger partial charge in [-0.2, -0.15) is 5.10 Å². The summed E-state index contributed by atoms with van der Waals surface area (Å²) in [6.45, 7) is 1.63. The van der Waals surface area contributed by atoms with Crippen LogP contribution in [0.3, 0.4) is 0 Å². The zero-order chi connectivity index (χ0) is 12.1. The summed E-state index contributed by atoms with van der Waals surface area (Å²) in [5.74, 6) is -0.00340. The Bertz CT molecular complexity index is 434. The van der Waals surface area contributed by atoms with Gasteiger partial charge in [-0.05, 0) is 31.3 Å². The molecule has 6 heteroatoms. The summed E-state index contributed by atoms with van der Waals surface area (Å²) in [7, 11) is 1.46. The highest BCUT2D eigenvalue weighted by molar-refractivity contribution is 7.80. The van der Waals surface area contributed by atoms with Crippen LogP contribution in [0.2, 0.25) is 0 Å². The summed E-state index contributed by atoms with van der Waals surface area (Å²) < 4.78 is 18.6. The summed E-state index contributed by atoms with van der Waals surface area (Å²) in [6, 6.07) is 4.54. The number of benzene rings is 1. The fraction of sp³-hybridized carbons (Fsp3) is 0.200. The molecule has 86 valence electrons. The van der Waals surface area contributed by atoms with Gasteiger partial charge in [-0.1, -0.05) is 6.07 Å². The van der Waals surface area contributed by atoms with Gasteiger partial charge in [0.1, 0.15) is 11.6 Å². The number of nitrogens with two attached hydrogens (primary N) is 1. The van der Waals surface area contributed by atoms with Gasteiger partial charge in [0, 0.05) is 0 Å². The molecule has 0 aliphatic carbocycles. The number of nitrogens with zero attached hydrogens (tertiary/aromatic N) is 1. The van der Waals surface area contributed by atoms with Crippen LogP contribution >= 0.6 is 12.2 Å². The summed E-state index contributed by atoms with van der Waals surface area (Å²) in [5, 5.41) is 3.87. The van der Waals surface area contributed by atoms with Crippen molar-refractivity contribution in [2.45, 2.75) is 6.92 Å². The fourth-order valence-electron chi connectivity index (χ4n) is 1.22. The van der Waals surface area contributed by atoms with Crippen LogP contribution in [-0.2, 0) is 0 Å². The quantitative estimate of drug-likeness (QED) is 0.477. The van der Waals surface area contributed by atoms with Gasteiger partial charge < -0.3 is 10.5 Å². The van der Waals surface area contributed by atoms with E-state index in [0.717, 1.165) is 0 Å². The van der Waals surface area contributed by atoms with Gasteiger partial charge >= 0.3 is 0 Å². The molecule has 0 saturated carbocycles. The smallest absolute Gasteiger partial charge is 0.184 e. The van der Waals surface area contributed by atoms with Crippen LogP contribution in [0.15, 0.2) is 23.3 Å². The first-order valence-corrected chi connectivity index (χ1v) is 4.89. The minimum Gasteiger partial charge on any atom is -0.496 e. The van der Waals surface area contributed by atoms with Crippen LogP contribution in [-0.4, -0.2) is 17.9 Å². The molecule has 0 unspecified atom stereocenters. The topological polar surface area (TPSA) is 59.6 Å². The zero-order valence-electron chi connectivity index (χ0n) is 8.95. The van der Waals surface area contributed by atoms with Crippen LogP contribution in [0.1, 0.15) is 12.5 Å². The molecule has 0 radical (unpaired) electrons. The molecular weight excluding hydrogens is 229 g/mol. The Morgan fingerprint density at radius 1 is 1.56 bits per heavy atom. The fourth-order valence-corrected chi connectivity index (χ4v) is 1.27. The maximum absolute atomic E-state index is 13.6. The first kappa shape index (κ1) is 12.4. The number of rotatable bonds is 3. The lowest BCUT2D eigenvalue weighted by Crippen LogP contribution is -2.25. The number of ether oxygens (including phenoxy) is 1. The summed E-state index contributed by atoms with van der Waals surface area (Å²) in [5.41, 5.74) is 8.30. The van der Waals surface area contributed by atoms with Crippen LogP contribution in [0.4, 0.5) is 4.39 Å². The molecule has 0 spiro atoms. The van der Waals surface area contributed by atoms with Crippen molar-refractivity contribution in [1.82, 2.24) is 5.43 Å². The minimum atomic E-state index is -0.412. The SMILES string of the molecule is COc1cccc(F)c1/C(C)=N/NC(N)=S. The van der Waals surface area contributed by atoms with Gasteiger partial charge in [-0.3, -0.25) is 5.43 Å². The molecule has 0 amide bonds. The van der Waals surface area contributed by atoms with Crippen molar-refractivity contribution in [3.05, 3.63) is 29.6 Å². The van der Waals surface area contributed by atoms with E-state index in [-0.39, 0.29) is 10.7 Å². The molecule has 1 aromatic rings. The van der Waals surface area contributed by atoms with Gasteiger partial charge in [0.2, 0.25) is 0 Å². The normalized spacial score (nSPS) is 11.1. The van der Waals surface area contributed by atoms with Gasteiger partial charge in [0.15, 0.2) is 5.11 Å². The van der Waals surface area contributed by atoms with Gasteiger partial charge in [-0.15, -0.1) is 0 Å².